The lowest BCUT2D eigenvalue weighted by molar-refractivity contribution is 0.0697. The largest absolute Gasteiger partial charge is 0.477 e. The number of aromatic carboxylic acids is 1. The van der Waals surface area contributed by atoms with Crippen LogP contribution in [0.25, 0.3) is 21.7 Å². The van der Waals surface area contributed by atoms with Gasteiger partial charge in [0.2, 0.25) is 0 Å². The second kappa shape index (κ2) is 5.56. The Kier molecular flexibility index (Phi) is 3.25. The van der Waals surface area contributed by atoms with E-state index in [9.17, 15) is 4.79 Å². The Hall–Kier alpha value is -3.58. The van der Waals surface area contributed by atoms with Gasteiger partial charge in [0.1, 0.15) is 11.4 Å². The van der Waals surface area contributed by atoms with E-state index in [-0.39, 0.29) is 5.56 Å². The van der Waals surface area contributed by atoms with Gasteiger partial charge in [-0.2, -0.15) is 0 Å². The first-order valence-electron chi connectivity index (χ1n) is 7.44. The van der Waals surface area contributed by atoms with Crippen molar-refractivity contribution < 1.29 is 9.90 Å². The minimum Gasteiger partial charge on any atom is -0.477 e. The van der Waals surface area contributed by atoms with Crippen molar-refractivity contribution in [3.63, 3.8) is 0 Å². The number of carboxylic acids is 1. The molecule has 0 amide bonds. The lowest BCUT2D eigenvalue weighted by Gasteiger charge is -2.11. The van der Waals surface area contributed by atoms with Crippen LogP contribution in [-0.4, -0.2) is 16.1 Å². The summed E-state index contributed by atoms with van der Waals surface area (Å²) in [6, 6.07) is 24.7. The van der Waals surface area contributed by atoms with E-state index in [0.29, 0.717) is 11.3 Å². The van der Waals surface area contributed by atoms with Gasteiger partial charge in [-0.15, -0.1) is 0 Å². The average molecular weight is 312 g/mol. The molecule has 4 heteroatoms. The average Bonchev–Trinajstić information content (AvgIpc) is 2.62. The van der Waals surface area contributed by atoms with Crippen LogP contribution in [0, 0.1) is 12.1 Å². The van der Waals surface area contributed by atoms with Gasteiger partial charge < -0.3 is 10.4 Å². The van der Waals surface area contributed by atoms with Crippen LogP contribution >= 0.6 is 0 Å². The summed E-state index contributed by atoms with van der Waals surface area (Å²) < 4.78 is 0. The van der Waals surface area contributed by atoms with E-state index in [0.717, 1.165) is 21.8 Å². The van der Waals surface area contributed by atoms with Crippen molar-refractivity contribution >= 4 is 39.1 Å². The number of anilines is 2. The second-order valence-corrected chi connectivity index (χ2v) is 5.37. The first-order valence-corrected chi connectivity index (χ1v) is 7.44. The van der Waals surface area contributed by atoms with Crippen molar-refractivity contribution in [3.8, 4) is 0 Å². The van der Waals surface area contributed by atoms with Gasteiger partial charge in [0.15, 0.2) is 0 Å². The molecule has 1 heterocycles. The van der Waals surface area contributed by atoms with Crippen LogP contribution in [0.1, 0.15) is 10.4 Å². The van der Waals surface area contributed by atoms with Crippen molar-refractivity contribution in [3.05, 3.63) is 78.4 Å². The van der Waals surface area contributed by atoms with Crippen molar-refractivity contribution in [1.82, 2.24) is 4.98 Å². The zero-order chi connectivity index (χ0) is 16.5. The van der Waals surface area contributed by atoms with Gasteiger partial charge in [-0.25, -0.2) is 9.78 Å². The Morgan fingerprint density at radius 1 is 0.958 bits per heavy atom. The molecule has 4 rings (SSSR count). The number of carboxylic acid groups (broad SMARTS) is 1. The van der Waals surface area contributed by atoms with Crippen molar-refractivity contribution in [2.45, 2.75) is 0 Å². The Morgan fingerprint density at radius 2 is 1.67 bits per heavy atom. The van der Waals surface area contributed by atoms with Gasteiger partial charge in [0.05, 0.1) is 10.9 Å². The number of para-hydroxylation sites is 1. The van der Waals surface area contributed by atoms with Gasteiger partial charge in [-0.1, -0.05) is 54.6 Å². The minimum atomic E-state index is -1.04. The monoisotopic (exact) mass is 312 g/mol. The van der Waals surface area contributed by atoms with E-state index in [1.165, 1.54) is 6.07 Å². The molecule has 0 aliphatic carbocycles. The molecular weight excluding hydrogens is 300 g/mol. The van der Waals surface area contributed by atoms with E-state index in [2.05, 4.69) is 22.4 Å². The lowest BCUT2D eigenvalue weighted by Crippen LogP contribution is -1.98. The Labute approximate surface area is 138 Å². The molecule has 0 saturated carbocycles. The fraction of sp³-hybridized carbons (Fsp3) is 0. The SMILES string of the molecule is O=C(O)c1c#cc2c(c1)nc(Nc1ccccc1)c1ccccc12. The molecule has 0 spiro atoms. The minimum absolute atomic E-state index is 0.0518. The number of hydrogen-bond acceptors (Lipinski definition) is 3. The number of carbonyl (C=O) groups is 1. The van der Waals surface area contributed by atoms with Crippen LogP contribution in [0.2, 0.25) is 0 Å². The molecule has 114 valence electrons. The predicted molar refractivity (Wildman–Crippen MR) is 93.6 cm³/mol. The third kappa shape index (κ3) is 2.38. The molecule has 0 aliphatic heterocycles. The first kappa shape index (κ1) is 14.0. The van der Waals surface area contributed by atoms with Gasteiger partial charge in [0, 0.05) is 16.5 Å². The van der Waals surface area contributed by atoms with Gasteiger partial charge in [-0.3, -0.25) is 0 Å². The number of hydrogen-bond donors (Lipinski definition) is 2. The van der Waals surface area contributed by atoms with E-state index >= 15 is 0 Å². The standard InChI is InChI=1S/C20H12N2O2/c23-20(24)13-10-11-16-15-8-4-5-9-17(15)19(22-18(16)12-13)21-14-6-2-1-3-7-14/h1-9,12H,(H,21,22)(H,23,24). The second-order valence-electron chi connectivity index (χ2n) is 5.37. The third-order valence-electron chi connectivity index (χ3n) is 3.81. The summed E-state index contributed by atoms with van der Waals surface area (Å²) in [6.45, 7) is 0. The zero-order valence-electron chi connectivity index (χ0n) is 12.6. The highest BCUT2D eigenvalue weighted by Crippen LogP contribution is 2.30. The summed E-state index contributed by atoms with van der Waals surface area (Å²) in [5, 5.41) is 15.1. The van der Waals surface area contributed by atoms with Crippen LogP contribution < -0.4 is 5.32 Å². The van der Waals surface area contributed by atoms with E-state index in [4.69, 9.17) is 5.11 Å². The maximum Gasteiger partial charge on any atom is 0.344 e. The summed E-state index contributed by atoms with van der Waals surface area (Å²) in [7, 11) is 0. The van der Waals surface area contributed by atoms with Gasteiger partial charge in [0.25, 0.3) is 0 Å². The molecule has 0 saturated heterocycles. The van der Waals surface area contributed by atoms with Crippen molar-refractivity contribution in [2.24, 2.45) is 0 Å². The number of nitrogens with one attached hydrogen (secondary N) is 1. The molecule has 0 aliphatic rings. The van der Waals surface area contributed by atoms with Crippen LogP contribution in [0.3, 0.4) is 0 Å². The topological polar surface area (TPSA) is 62.2 Å². The highest BCUT2D eigenvalue weighted by Gasteiger charge is 2.10. The zero-order valence-corrected chi connectivity index (χ0v) is 12.6. The molecule has 0 fully saturated rings. The molecule has 24 heavy (non-hydrogen) atoms. The molecular formula is C20H12N2O2. The third-order valence-corrected chi connectivity index (χ3v) is 3.81. The molecule has 4 nitrogen and oxygen atoms in total. The van der Waals surface area contributed by atoms with E-state index < -0.39 is 5.97 Å². The van der Waals surface area contributed by atoms with Gasteiger partial charge in [-0.05, 0) is 18.2 Å². The normalized spacial score (nSPS) is 10.5. The predicted octanol–water partition coefficient (Wildman–Crippen LogP) is 4.43. The maximum atomic E-state index is 11.2. The first-order chi connectivity index (χ1) is 11.7. The smallest absolute Gasteiger partial charge is 0.344 e. The van der Waals surface area contributed by atoms with Crippen molar-refractivity contribution in [1.29, 1.82) is 0 Å². The summed E-state index contributed by atoms with van der Waals surface area (Å²) in [5.74, 6) is -0.360. The molecule has 1 aromatic heterocycles. The molecule has 0 bridgehead atoms. The quantitative estimate of drug-likeness (QED) is 0.587. The molecule has 0 unspecified atom stereocenters. The van der Waals surface area contributed by atoms with Crippen LogP contribution in [0.15, 0.2) is 60.7 Å². The summed E-state index contributed by atoms with van der Waals surface area (Å²) >= 11 is 0. The molecule has 3 aromatic carbocycles. The lowest BCUT2D eigenvalue weighted by atomic mass is 10.1. The fourth-order valence-electron chi connectivity index (χ4n) is 2.69. The number of rotatable bonds is 3. The number of fused-ring (bicyclic) bond motifs is 3. The highest BCUT2D eigenvalue weighted by atomic mass is 16.4. The number of aromatic nitrogens is 1. The van der Waals surface area contributed by atoms with Gasteiger partial charge >= 0.3 is 5.97 Å². The summed E-state index contributed by atoms with van der Waals surface area (Å²) in [4.78, 5) is 15.8. The summed E-state index contributed by atoms with van der Waals surface area (Å²) in [5.41, 5.74) is 1.54. The Balaban J connectivity index is 1.97. The van der Waals surface area contributed by atoms with Crippen LogP contribution in [-0.2, 0) is 0 Å². The Morgan fingerprint density at radius 3 is 2.42 bits per heavy atom. The molecule has 2 N–H and O–H groups in total. The fourth-order valence-corrected chi connectivity index (χ4v) is 2.69. The Bertz CT molecular complexity index is 1060. The van der Waals surface area contributed by atoms with Crippen LogP contribution in [0.5, 0.6) is 0 Å². The van der Waals surface area contributed by atoms with Crippen molar-refractivity contribution in [2.75, 3.05) is 5.32 Å². The summed E-state index contributed by atoms with van der Waals surface area (Å²) in [6.07, 6.45) is 0. The van der Waals surface area contributed by atoms with E-state index in [1.54, 1.807) is 0 Å². The number of nitrogens with zero attached hydrogens (tertiary/aromatic N) is 1. The molecule has 0 radical (unpaired) electrons. The number of pyridine rings is 1. The van der Waals surface area contributed by atoms with E-state index in [1.807, 2.05) is 54.6 Å². The van der Waals surface area contributed by atoms with Crippen LogP contribution in [0.4, 0.5) is 11.5 Å². The maximum absolute atomic E-state index is 11.2. The highest BCUT2D eigenvalue weighted by molar-refractivity contribution is 6.10. The number of benzene rings is 2. The molecule has 4 aromatic rings. The molecule has 0 atom stereocenters.